The molecule has 6 nitrogen and oxygen atoms in total. The van der Waals surface area contributed by atoms with Crippen LogP contribution in [-0.2, 0) is 22.6 Å². The third-order valence-corrected chi connectivity index (χ3v) is 8.16. The number of primary amides is 1. The molecule has 3 atom stereocenters. The molecule has 0 aliphatic heterocycles. The number of halogens is 2. The van der Waals surface area contributed by atoms with Crippen molar-refractivity contribution in [2.75, 3.05) is 19.6 Å². The average molecular weight is 596 g/mol. The molecule has 43 heavy (non-hydrogen) atoms. The number of allylic oxidation sites excluding steroid dienone is 2. The Kier molecular flexibility index (Phi) is 12.2. The largest absolute Gasteiger partial charge is 0.391 e. The van der Waals surface area contributed by atoms with Crippen LogP contribution in [0.2, 0.25) is 0 Å². The maximum Gasteiger partial charge on any atom is 0.244 e. The van der Waals surface area contributed by atoms with Crippen LogP contribution in [0, 0.1) is 23.0 Å². The number of nitrogens with two attached hydrogens (primary N) is 1. The smallest absolute Gasteiger partial charge is 0.244 e. The van der Waals surface area contributed by atoms with Crippen LogP contribution in [0.4, 0.5) is 8.78 Å². The molecule has 234 valence electrons. The van der Waals surface area contributed by atoms with Gasteiger partial charge in [-0.05, 0) is 67.3 Å². The highest BCUT2D eigenvalue weighted by atomic mass is 19.1. The van der Waals surface area contributed by atoms with Gasteiger partial charge in [0.15, 0.2) is 0 Å². The van der Waals surface area contributed by atoms with E-state index in [0.717, 1.165) is 24.5 Å². The van der Waals surface area contributed by atoms with Crippen molar-refractivity contribution in [2.45, 2.75) is 78.9 Å². The second-order valence-corrected chi connectivity index (χ2v) is 12.1. The predicted octanol–water partition coefficient (Wildman–Crippen LogP) is 5.79. The summed E-state index contributed by atoms with van der Waals surface area (Å²) < 4.78 is 28.7. The van der Waals surface area contributed by atoms with Gasteiger partial charge in [0.25, 0.3) is 0 Å². The van der Waals surface area contributed by atoms with E-state index in [9.17, 15) is 23.5 Å². The van der Waals surface area contributed by atoms with Gasteiger partial charge in [-0.3, -0.25) is 9.59 Å². The minimum atomic E-state index is -1.37. The molecule has 0 fully saturated rings. The van der Waals surface area contributed by atoms with Crippen molar-refractivity contribution in [3.05, 3.63) is 94.1 Å². The van der Waals surface area contributed by atoms with Gasteiger partial charge in [-0.15, -0.1) is 0 Å². The Bertz CT molecular complexity index is 1310. The predicted molar refractivity (Wildman–Crippen MR) is 167 cm³/mol. The zero-order valence-corrected chi connectivity index (χ0v) is 26.1. The number of nitrogens with one attached hydrogen (secondary N) is 1. The van der Waals surface area contributed by atoms with E-state index in [4.69, 9.17) is 5.73 Å². The van der Waals surface area contributed by atoms with E-state index in [0.29, 0.717) is 36.7 Å². The molecule has 2 aromatic carbocycles. The van der Waals surface area contributed by atoms with Gasteiger partial charge in [-0.1, -0.05) is 69.7 Å². The minimum absolute atomic E-state index is 0.00795. The Morgan fingerprint density at radius 1 is 1.05 bits per heavy atom. The Morgan fingerprint density at radius 2 is 1.70 bits per heavy atom. The van der Waals surface area contributed by atoms with Crippen molar-refractivity contribution >= 4 is 11.8 Å². The third-order valence-electron chi connectivity index (χ3n) is 8.16. The second-order valence-electron chi connectivity index (χ2n) is 12.1. The molecule has 1 aliphatic carbocycles. The van der Waals surface area contributed by atoms with E-state index in [1.165, 1.54) is 17.7 Å². The standard InChI is InChI=1S/C35H47F2N3O3/c1-6-11-40(12-7-2)34(43)35(19-24(5)13-28(20-35)33(38)42)31(17-26-15-29(36)18-30(37)16-26)32(41)22-39-21-25-9-8-10-27(14-25)23(3)4/h8-10,13-16,18-19,23,31-32,39,41H,6-7,11-12,17,20-22H2,1-5H3,(H2,38,42)/t31-,32+,35?/m1/s1. The Hall–Kier alpha value is -3.36. The van der Waals surface area contributed by atoms with Crippen LogP contribution in [-0.4, -0.2) is 47.6 Å². The molecule has 3 rings (SSSR count). The van der Waals surface area contributed by atoms with Crippen LogP contribution in [0.25, 0.3) is 0 Å². The van der Waals surface area contributed by atoms with Gasteiger partial charge in [-0.25, -0.2) is 8.78 Å². The summed E-state index contributed by atoms with van der Waals surface area (Å²) in [5, 5.41) is 15.2. The number of aliphatic hydroxyl groups excluding tert-OH is 1. The van der Waals surface area contributed by atoms with Gasteiger partial charge in [0, 0.05) is 43.7 Å². The maximum absolute atomic E-state index is 14.6. The molecule has 0 aromatic heterocycles. The van der Waals surface area contributed by atoms with Crippen LogP contribution in [0.5, 0.6) is 0 Å². The SMILES string of the molecule is CCCN(CCC)C(=O)C1([C@H](Cc2cc(F)cc(F)c2)[C@@H](O)CNCc2cccc(C(C)C)c2)C=C(C)C=C(C(N)=O)C1. The first kappa shape index (κ1) is 34.1. The summed E-state index contributed by atoms with van der Waals surface area (Å²) in [4.78, 5) is 28.9. The summed E-state index contributed by atoms with van der Waals surface area (Å²) in [5.74, 6) is -2.80. The Morgan fingerprint density at radius 3 is 2.28 bits per heavy atom. The number of amides is 2. The molecule has 1 unspecified atom stereocenters. The molecular weight excluding hydrogens is 548 g/mol. The summed E-state index contributed by atoms with van der Waals surface area (Å²) in [6, 6.07) is 11.5. The summed E-state index contributed by atoms with van der Waals surface area (Å²) >= 11 is 0. The lowest BCUT2D eigenvalue weighted by Crippen LogP contribution is -2.54. The van der Waals surface area contributed by atoms with Crippen LogP contribution in [0.15, 0.2) is 65.8 Å². The van der Waals surface area contributed by atoms with Crippen LogP contribution >= 0.6 is 0 Å². The molecule has 0 saturated heterocycles. The van der Waals surface area contributed by atoms with Crippen molar-refractivity contribution in [2.24, 2.45) is 17.1 Å². The van der Waals surface area contributed by atoms with Crippen LogP contribution < -0.4 is 11.1 Å². The highest BCUT2D eigenvalue weighted by molar-refractivity contribution is 5.96. The number of carbonyl (C=O) groups is 2. The van der Waals surface area contributed by atoms with Gasteiger partial charge in [-0.2, -0.15) is 0 Å². The van der Waals surface area contributed by atoms with E-state index in [1.54, 1.807) is 17.9 Å². The van der Waals surface area contributed by atoms with Gasteiger partial charge in [0.2, 0.25) is 11.8 Å². The fourth-order valence-electron chi connectivity index (χ4n) is 6.19. The number of hydrogen-bond donors (Lipinski definition) is 3. The van der Waals surface area contributed by atoms with Crippen molar-refractivity contribution in [1.29, 1.82) is 0 Å². The fourth-order valence-corrected chi connectivity index (χ4v) is 6.19. The molecule has 4 N–H and O–H groups in total. The van der Waals surface area contributed by atoms with E-state index >= 15 is 0 Å². The van der Waals surface area contributed by atoms with Gasteiger partial charge in [0.1, 0.15) is 11.6 Å². The van der Waals surface area contributed by atoms with E-state index in [2.05, 4.69) is 31.3 Å². The molecule has 1 aliphatic rings. The first-order chi connectivity index (χ1) is 20.4. The highest BCUT2D eigenvalue weighted by Gasteiger charge is 2.50. The number of rotatable bonds is 15. The average Bonchev–Trinajstić information content (AvgIpc) is 2.94. The Balaban J connectivity index is 2.07. The molecule has 0 spiro atoms. The van der Waals surface area contributed by atoms with E-state index in [1.807, 2.05) is 32.1 Å². The lowest BCUT2D eigenvalue weighted by atomic mass is 9.63. The molecule has 2 aromatic rings. The molecule has 0 bridgehead atoms. The number of hydrogen-bond acceptors (Lipinski definition) is 4. The normalized spacial score (nSPS) is 18.2. The zero-order valence-electron chi connectivity index (χ0n) is 26.1. The summed E-state index contributed by atoms with van der Waals surface area (Å²) in [6.07, 6.45) is 3.82. The van der Waals surface area contributed by atoms with Gasteiger partial charge >= 0.3 is 0 Å². The summed E-state index contributed by atoms with van der Waals surface area (Å²) in [6.45, 7) is 11.6. The first-order valence-electron chi connectivity index (χ1n) is 15.3. The first-order valence-corrected chi connectivity index (χ1v) is 15.3. The molecule has 8 heteroatoms. The number of aliphatic hydroxyl groups is 1. The topological polar surface area (TPSA) is 95.7 Å². The number of benzene rings is 2. The van der Waals surface area contributed by atoms with Crippen molar-refractivity contribution in [3.8, 4) is 0 Å². The lowest BCUT2D eigenvalue weighted by Gasteiger charge is -2.45. The monoisotopic (exact) mass is 595 g/mol. The summed E-state index contributed by atoms with van der Waals surface area (Å²) in [7, 11) is 0. The zero-order chi connectivity index (χ0) is 31.7. The third kappa shape index (κ3) is 8.83. The van der Waals surface area contributed by atoms with E-state index < -0.39 is 35.0 Å². The van der Waals surface area contributed by atoms with Gasteiger partial charge < -0.3 is 21.1 Å². The van der Waals surface area contributed by atoms with Crippen molar-refractivity contribution in [1.82, 2.24) is 10.2 Å². The molecule has 0 radical (unpaired) electrons. The van der Waals surface area contributed by atoms with Crippen LogP contribution in [0.1, 0.15) is 76.5 Å². The molecule has 0 heterocycles. The maximum atomic E-state index is 14.6. The molecule has 2 amide bonds. The van der Waals surface area contributed by atoms with Gasteiger partial charge in [0.05, 0.1) is 11.5 Å². The van der Waals surface area contributed by atoms with E-state index in [-0.39, 0.29) is 30.9 Å². The lowest BCUT2D eigenvalue weighted by molar-refractivity contribution is -0.145. The molecule has 0 saturated carbocycles. The quantitative estimate of drug-likeness (QED) is 0.243. The van der Waals surface area contributed by atoms with Crippen molar-refractivity contribution < 1.29 is 23.5 Å². The Labute approximate surface area is 255 Å². The highest BCUT2D eigenvalue weighted by Crippen LogP contribution is 2.45. The number of nitrogens with zero attached hydrogens (tertiary/aromatic N) is 1. The number of carbonyl (C=O) groups excluding carboxylic acids is 2. The second kappa shape index (κ2) is 15.4. The molecular formula is C35H47F2N3O3. The van der Waals surface area contributed by atoms with Crippen LogP contribution in [0.3, 0.4) is 0 Å². The van der Waals surface area contributed by atoms with Crippen molar-refractivity contribution in [3.63, 3.8) is 0 Å². The minimum Gasteiger partial charge on any atom is -0.391 e. The summed E-state index contributed by atoms with van der Waals surface area (Å²) in [5.41, 5.74) is 7.91. The fraction of sp³-hybridized carbons (Fsp3) is 0.486.